The Bertz CT molecular complexity index is 1350. The van der Waals surface area contributed by atoms with Crippen LogP contribution < -0.4 is 19.8 Å². The number of anilines is 5. The zero-order chi connectivity index (χ0) is 26.1. The Morgan fingerprint density at radius 1 is 1.11 bits per heavy atom. The van der Waals surface area contributed by atoms with Crippen molar-refractivity contribution in [3.8, 4) is 0 Å². The predicted octanol–water partition coefficient (Wildman–Crippen LogP) is 4.49. The summed E-state index contributed by atoms with van der Waals surface area (Å²) in [5, 5.41) is 3.31. The van der Waals surface area contributed by atoms with Crippen LogP contribution in [-0.2, 0) is 4.79 Å². The zero-order valence-corrected chi connectivity index (χ0v) is 22.3. The highest BCUT2D eigenvalue weighted by molar-refractivity contribution is 7.97. The number of likely N-dealkylation sites (tertiary alicyclic amines) is 1. The van der Waals surface area contributed by atoms with Gasteiger partial charge in [0.05, 0.1) is 17.4 Å². The van der Waals surface area contributed by atoms with Crippen LogP contribution in [0.1, 0.15) is 35.7 Å². The molecule has 2 amide bonds. The van der Waals surface area contributed by atoms with Crippen molar-refractivity contribution in [2.45, 2.75) is 37.6 Å². The van der Waals surface area contributed by atoms with Gasteiger partial charge in [-0.1, -0.05) is 17.7 Å². The molecule has 0 bridgehead atoms. The summed E-state index contributed by atoms with van der Waals surface area (Å²) in [6.07, 6.45) is 3.74. The molecule has 2 aromatic carbocycles. The molecule has 5 rings (SSSR count). The molecule has 192 valence electrons. The number of fused-ring (bicyclic) bond motifs is 2. The number of rotatable bonds is 5. The van der Waals surface area contributed by atoms with Crippen molar-refractivity contribution in [3.05, 3.63) is 59.8 Å². The molecule has 1 fully saturated rings. The molecule has 3 heterocycles. The van der Waals surface area contributed by atoms with Gasteiger partial charge in [0.2, 0.25) is 11.9 Å². The first-order chi connectivity index (χ1) is 17.8. The Morgan fingerprint density at radius 2 is 1.95 bits per heavy atom. The van der Waals surface area contributed by atoms with E-state index in [0.717, 1.165) is 47.8 Å². The van der Waals surface area contributed by atoms with Gasteiger partial charge in [0.1, 0.15) is 5.69 Å². The Labute approximate surface area is 221 Å². The number of nitrogens with one attached hydrogen (secondary N) is 2. The topological polar surface area (TPSA) is 93.7 Å². The lowest BCUT2D eigenvalue weighted by Crippen LogP contribution is -2.45. The van der Waals surface area contributed by atoms with Gasteiger partial charge >= 0.3 is 0 Å². The maximum Gasteiger partial charge on any atom is 0.260 e. The van der Waals surface area contributed by atoms with Crippen LogP contribution in [0.2, 0.25) is 0 Å². The van der Waals surface area contributed by atoms with E-state index < -0.39 is 0 Å². The fourth-order valence-corrected chi connectivity index (χ4v) is 5.53. The largest absolute Gasteiger partial charge is 0.341 e. The smallest absolute Gasteiger partial charge is 0.260 e. The molecule has 9 nitrogen and oxygen atoms in total. The van der Waals surface area contributed by atoms with Crippen molar-refractivity contribution in [1.29, 1.82) is 0 Å². The van der Waals surface area contributed by atoms with Crippen molar-refractivity contribution in [1.82, 2.24) is 19.6 Å². The third-order valence-corrected chi connectivity index (χ3v) is 7.72. The van der Waals surface area contributed by atoms with Gasteiger partial charge in [0.25, 0.3) is 5.91 Å². The van der Waals surface area contributed by atoms with Crippen LogP contribution in [0, 0.1) is 6.92 Å². The lowest BCUT2D eigenvalue weighted by molar-refractivity contribution is -0.130. The Balaban J connectivity index is 1.33. The van der Waals surface area contributed by atoms with Gasteiger partial charge in [-0.15, -0.1) is 0 Å². The molecule has 2 aliphatic rings. The molecule has 2 N–H and O–H groups in total. The maximum absolute atomic E-state index is 13.1. The molecule has 0 spiro atoms. The van der Waals surface area contributed by atoms with Crippen LogP contribution >= 0.6 is 11.9 Å². The Hall–Kier alpha value is -3.63. The SMILES string of the molecule is CC(=O)N1CCC[C@H](NSc2cccc(Nc3ncc4c(n3)N(C)c3ccc(C)cc3C(=O)N4C)c2)C1. The first-order valence-corrected chi connectivity index (χ1v) is 13.2. The van der Waals surface area contributed by atoms with E-state index in [1.165, 1.54) is 0 Å². The summed E-state index contributed by atoms with van der Waals surface area (Å²) >= 11 is 1.56. The second kappa shape index (κ2) is 10.4. The first kappa shape index (κ1) is 25.0. The summed E-state index contributed by atoms with van der Waals surface area (Å²) in [6.45, 7) is 5.17. The molecule has 1 atom stereocenters. The zero-order valence-electron chi connectivity index (χ0n) is 21.5. The van der Waals surface area contributed by atoms with Gasteiger partial charge in [-0.25, -0.2) is 4.98 Å². The minimum Gasteiger partial charge on any atom is -0.341 e. The number of nitrogens with zero attached hydrogens (tertiary/aromatic N) is 5. The van der Waals surface area contributed by atoms with E-state index in [-0.39, 0.29) is 17.9 Å². The van der Waals surface area contributed by atoms with Gasteiger partial charge < -0.3 is 20.0 Å². The highest BCUT2D eigenvalue weighted by Gasteiger charge is 2.29. The van der Waals surface area contributed by atoms with Gasteiger partial charge in [0, 0.05) is 50.7 Å². The fraction of sp³-hybridized carbons (Fsp3) is 0.333. The number of aromatic nitrogens is 2. The van der Waals surface area contributed by atoms with Crippen molar-refractivity contribution in [2.24, 2.45) is 0 Å². The molecule has 3 aromatic rings. The number of carbonyl (C=O) groups excluding carboxylic acids is 2. The summed E-state index contributed by atoms with van der Waals surface area (Å²) in [6, 6.07) is 14.1. The normalized spacial score (nSPS) is 17.2. The van der Waals surface area contributed by atoms with Crippen LogP contribution in [0.3, 0.4) is 0 Å². The third-order valence-electron chi connectivity index (χ3n) is 6.78. The molecular weight excluding hydrogens is 486 g/mol. The van der Waals surface area contributed by atoms with Crippen molar-refractivity contribution in [2.75, 3.05) is 42.3 Å². The number of benzene rings is 2. The van der Waals surface area contributed by atoms with E-state index in [2.05, 4.69) is 15.0 Å². The van der Waals surface area contributed by atoms with Crippen LogP contribution in [0.25, 0.3) is 0 Å². The predicted molar refractivity (Wildman–Crippen MR) is 148 cm³/mol. The average Bonchev–Trinajstić information content (AvgIpc) is 2.97. The van der Waals surface area contributed by atoms with E-state index in [9.17, 15) is 9.59 Å². The van der Waals surface area contributed by atoms with Crippen molar-refractivity contribution >= 4 is 52.6 Å². The standard InChI is InChI=1S/C27H31N7O2S/c1-17-10-11-23-22(13-17)26(36)33(4)24-15-28-27(30-25(24)32(23)3)29-19-7-5-9-21(14-19)37-31-20-8-6-12-34(16-20)18(2)35/h5,7,9-11,13-15,20,31H,6,8,12,16H2,1-4H3,(H,28,29,30)/t20-/m0/s1. The summed E-state index contributed by atoms with van der Waals surface area (Å²) in [7, 11) is 3.66. The molecule has 0 unspecified atom stereocenters. The minimum atomic E-state index is -0.0878. The summed E-state index contributed by atoms with van der Waals surface area (Å²) in [5.74, 6) is 1.13. The van der Waals surface area contributed by atoms with E-state index in [0.29, 0.717) is 23.0 Å². The number of hydrogen-bond acceptors (Lipinski definition) is 8. The molecule has 2 aliphatic heterocycles. The third kappa shape index (κ3) is 5.26. The van der Waals surface area contributed by atoms with Gasteiger partial charge in [-0.2, -0.15) is 4.98 Å². The quantitative estimate of drug-likeness (QED) is 0.478. The molecule has 10 heteroatoms. The van der Waals surface area contributed by atoms with Crippen molar-refractivity contribution in [3.63, 3.8) is 0 Å². The van der Waals surface area contributed by atoms with E-state index in [4.69, 9.17) is 4.98 Å². The van der Waals surface area contributed by atoms with E-state index in [1.807, 2.05) is 66.2 Å². The number of aryl methyl sites for hydroxylation is 1. The van der Waals surface area contributed by atoms with E-state index >= 15 is 0 Å². The second-order valence-electron chi connectivity index (χ2n) is 9.52. The highest BCUT2D eigenvalue weighted by Crippen LogP contribution is 2.38. The number of carbonyl (C=O) groups is 2. The Kier molecular flexibility index (Phi) is 7.03. The Morgan fingerprint density at radius 3 is 2.76 bits per heavy atom. The summed E-state index contributed by atoms with van der Waals surface area (Å²) < 4.78 is 3.51. The van der Waals surface area contributed by atoms with E-state index in [1.54, 1.807) is 37.0 Å². The molecular formula is C27H31N7O2S. The van der Waals surface area contributed by atoms with Crippen molar-refractivity contribution < 1.29 is 9.59 Å². The van der Waals surface area contributed by atoms with Crippen LogP contribution in [0.5, 0.6) is 0 Å². The molecule has 1 aromatic heterocycles. The second-order valence-corrected chi connectivity index (χ2v) is 10.4. The first-order valence-electron chi connectivity index (χ1n) is 12.3. The maximum atomic E-state index is 13.1. The average molecular weight is 518 g/mol. The van der Waals surface area contributed by atoms with Crippen LogP contribution in [0.4, 0.5) is 28.8 Å². The molecule has 0 saturated carbocycles. The number of amides is 2. The minimum absolute atomic E-state index is 0.0878. The number of hydrogen-bond donors (Lipinski definition) is 2. The molecule has 0 aliphatic carbocycles. The summed E-state index contributed by atoms with van der Waals surface area (Å²) in [4.78, 5) is 40.6. The van der Waals surface area contributed by atoms with Crippen LogP contribution in [-0.4, -0.2) is 59.9 Å². The molecule has 1 saturated heterocycles. The number of piperidine rings is 1. The monoisotopic (exact) mass is 517 g/mol. The summed E-state index contributed by atoms with van der Waals surface area (Å²) in [5.41, 5.74) is 3.98. The van der Waals surface area contributed by atoms with Crippen LogP contribution in [0.15, 0.2) is 53.6 Å². The lowest BCUT2D eigenvalue weighted by Gasteiger charge is -2.32. The highest BCUT2D eigenvalue weighted by atomic mass is 32.2. The lowest BCUT2D eigenvalue weighted by atomic mass is 10.1. The molecule has 0 radical (unpaired) electrons. The van der Waals surface area contributed by atoms with Gasteiger partial charge in [-0.3, -0.25) is 14.3 Å². The van der Waals surface area contributed by atoms with Gasteiger partial charge in [0.15, 0.2) is 5.82 Å². The van der Waals surface area contributed by atoms with Gasteiger partial charge in [-0.05, 0) is 62.0 Å². The molecule has 37 heavy (non-hydrogen) atoms. The fourth-order valence-electron chi connectivity index (χ4n) is 4.71.